The Balaban J connectivity index is 1.60. The van der Waals surface area contributed by atoms with Crippen molar-refractivity contribution in [3.63, 3.8) is 0 Å². The van der Waals surface area contributed by atoms with Gasteiger partial charge in [0.25, 0.3) is 0 Å². The highest BCUT2D eigenvalue weighted by Gasteiger charge is 2.10. The van der Waals surface area contributed by atoms with Crippen LogP contribution >= 0.6 is 0 Å². The number of rotatable bonds is 14. The van der Waals surface area contributed by atoms with Crippen molar-refractivity contribution < 1.29 is 33.7 Å². The van der Waals surface area contributed by atoms with Crippen LogP contribution in [0.5, 0.6) is 11.5 Å². The summed E-state index contributed by atoms with van der Waals surface area (Å²) in [5, 5.41) is 8.89. The van der Waals surface area contributed by atoms with Crippen LogP contribution in [-0.4, -0.2) is 36.2 Å². The Morgan fingerprint density at radius 1 is 0.750 bits per heavy atom. The lowest BCUT2D eigenvalue weighted by atomic mass is 10.1. The van der Waals surface area contributed by atoms with E-state index < -0.39 is 11.9 Å². The number of carbonyl (C=O) groups excluding carboxylic acids is 2. The monoisotopic (exact) mass is 440 g/mol. The summed E-state index contributed by atoms with van der Waals surface area (Å²) in [5.74, 6) is -0.991. The zero-order valence-electron chi connectivity index (χ0n) is 18.0. The molecular formula is C25H28O7. The first-order chi connectivity index (χ1) is 15.5. The van der Waals surface area contributed by atoms with Gasteiger partial charge in [0.15, 0.2) is 0 Å². The highest BCUT2D eigenvalue weighted by atomic mass is 16.5. The molecule has 0 aliphatic carbocycles. The summed E-state index contributed by atoms with van der Waals surface area (Å²) in [4.78, 5) is 34.0. The van der Waals surface area contributed by atoms with Crippen LogP contribution in [0.15, 0.2) is 61.2 Å². The SMILES string of the molecule is C=CC(=O)OCCCCCCCCOc1ccc(C(=O)Oc2ccc(C(=O)O)cc2)cc1. The third-order valence-corrected chi connectivity index (χ3v) is 4.62. The van der Waals surface area contributed by atoms with Gasteiger partial charge in [-0.05, 0) is 61.4 Å². The van der Waals surface area contributed by atoms with Crippen LogP contribution in [0.3, 0.4) is 0 Å². The highest BCUT2D eigenvalue weighted by molar-refractivity contribution is 5.91. The van der Waals surface area contributed by atoms with Crippen molar-refractivity contribution in [3.8, 4) is 11.5 Å². The molecule has 0 heterocycles. The summed E-state index contributed by atoms with van der Waals surface area (Å²) in [6, 6.07) is 12.3. The van der Waals surface area contributed by atoms with Gasteiger partial charge in [-0.1, -0.05) is 32.3 Å². The fourth-order valence-electron chi connectivity index (χ4n) is 2.85. The molecule has 0 aliphatic rings. The third-order valence-electron chi connectivity index (χ3n) is 4.62. The molecule has 2 rings (SSSR count). The predicted octanol–water partition coefficient (Wildman–Crippen LogP) is 5.05. The van der Waals surface area contributed by atoms with Gasteiger partial charge in [-0.2, -0.15) is 0 Å². The van der Waals surface area contributed by atoms with E-state index >= 15 is 0 Å². The minimum atomic E-state index is -1.04. The molecule has 0 spiro atoms. The lowest BCUT2D eigenvalue weighted by Crippen LogP contribution is -2.08. The fourth-order valence-corrected chi connectivity index (χ4v) is 2.85. The van der Waals surface area contributed by atoms with Crippen LogP contribution in [0.25, 0.3) is 0 Å². The first kappa shape index (κ1) is 24.7. The van der Waals surface area contributed by atoms with Crippen LogP contribution in [0.4, 0.5) is 0 Å². The minimum absolute atomic E-state index is 0.123. The Hall–Kier alpha value is -3.61. The molecular weight excluding hydrogens is 412 g/mol. The summed E-state index contributed by atoms with van der Waals surface area (Å²) in [5.41, 5.74) is 0.497. The van der Waals surface area contributed by atoms with Crippen LogP contribution in [-0.2, 0) is 9.53 Å². The molecule has 7 heteroatoms. The summed E-state index contributed by atoms with van der Waals surface area (Å²) in [7, 11) is 0. The molecule has 170 valence electrons. The zero-order chi connectivity index (χ0) is 23.2. The number of benzene rings is 2. The van der Waals surface area contributed by atoms with E-state index in [1.165, 1.54) is 30.3 Å². The van der Waals surface area contributed by atoms with Crippen molar-refractivity contribution in [2.24, 2.45) is 0 Å². The van der Waals surface area contributed by atoms with E-state index in [1.807, 2.05) is 0 Å². The van der Waals surface area contributed by atoms with Crippen LogP contribution < -0.4 is 9.47 Å². The van der Waals surface area contributed by atoms with Gasteiger partial charge in [-0.25, -0.2) is 14.4 Å². The number of carboxylic acid groups (broad SMARTS) is 1. The number of esters is 2. The summed E-state index contributed by atoms with van der Waals surface area (Å²) in [6.07, 6.45) is 7.21. The van der Waals surface area contributed by atoms with Crippen molar-refractivity contribution in [1.82, 2.24) is 0 Å². The molecule has 7 nitrogen and oxygen atoms in total. The molecule has 0 saturated heterocycles. The van der Waals surface area contributed by atoms with Crippen LogP contribution in [0.2, 0.25) is 0 Å². The van der Waals surface area contributed by atoms with E-state index in [0.717, 1.165) is 38.5 Å². The van der Waals surface area contributed by atoms with Gasteiger partial charge in [-0.15, -0.1) is 0 Å². The summed E-state index contributed by atoms with van der Waals surface area (Å²) in [6.45, 7) is 4.38. The van der Waals surface area contributed by atoms with Gasteiger partial charge in [0, 0.05) is 6.08 Å². The first-order valence-electron chi connectivity index (χ1n) is 10.6. The van der Waals surface area contributed by atoms with Crippen molar-refractivity contribution in [2.45, 2.75) is 38.5 Å². The molecule has 0 aliphatic heterocycles. The van der Waals surface area contributed by atoms with Crippen molar-refractivity contribution in [2.75, 3.05) is 13.2 Å². The summed E-state index contributed by atoms with van der Waals surface area (Å²) < 4.78 is 15.9. The molecule has 32 heavy (non-hydrogen) atoms. The Morgan fingerprint density at radius 3 is 1.88 bits per heavy atom. The van der Waals surface area contributed by atoms with Gasteiger partial charge in [0.05, 0.1) is 24.3 Å². The van der Waals surface area contributed by atoms with E-state index in [2.05, 4.69) is 6.58 Å². The number of ether oxygens (including phenoxy) is 3. The van der Waals surface area contributed by atoms with E-state index in [4.69, 9.17) is 19.3 Å². The number of carbonyl (C=O) groups is 3. The quantitative estimate of drug-likeness (QED) is 0.190. The number of carboxylic acids is 1. The minimum Gasteiger partial charge on any atom is -0.494 e. The molecule has 0 fully saturated rings. The van der Waals surface area contributed by atoms with E-state index in [9.17, 15) is 14.4 Å². The Labute approximate surface area is 187 Å². The van der Waals surface area contributed by atoms with Crippen molar-refractivity contribution >= 4 is 17.9 Å². The Morgan fingerprint density at radius 2 is 1.28 bits per heavy atom. The lowest BCUT2D eigenvalue weighted by molar-refractivity contribution is -0.137. The second-order valence-electron chi connectivity index (χ2n) is 7.08. The predicted molar refractivity (Wildman–Crippen MR) is 119 cm³/mol. The maximum atomic E-state index is 12.2. The smallest absolute Gasteiger partial charge is 0.343 e. The summed E-state index contributed by atoms with van der Waals surface area (Å²) >= 11 is 0. The maximum Gasteiger partial charge on any atom is 0.343 e. The van der Waals surface area contributed by atoms with Gasteiger partial charge >= 0.3 is 17.9 Å². The van der Waals surface area contributed by atoms with E-state index in [0.29, 0.717) is 24.5 Å². The van der Waals surface area contributed by atoms with Gasteiger partial charge < -0.3 is 19.3 Å². The fraction of sp³-hybridized carbons (Fsp3) is 0.320. The molecule has 0 saturated carbocycles. The normalized spacial score (nSPS) is 10.2. The number of hydrogen-bond acceptors (Lipinski definition) is 6. The first-order valence-corrected chi connectivity index (χ1v) is 10.6. The van der Waals surface area contributed by atoms with Crippen molar-refractivity contribution in [1.29, 1.82) is 0 Å². The molecule has 1 N–H and O–H groups in total. The Kier molecular flexibility index (Phi) is 10.5. The average Bonchev–Trinajstić information content (AvgIpc) is 2.80. The van der Waals surface area contributed by atoms with Crippen LogP contribution in [0, 0.1) is 0 Å². The standard InChI is InChI=1S/C25H28O7/c1-2-23(26)31-18-8-6-4-3-5-7-17-30-21-13-11-20(12-14-21)25(29)32-22-15-9-19(10-16-22)24(27)28/h2,9-16H,1,3-8,17-18H2,(H,27,28). The lowest BCUT2D eigenvalue weighted by Gasteiger charge is -2.08. The number of aromatic carboxylic acids is 1. The zero-order valence-corrected chi connectivity index (χ0v) is 18.0. The maximum absolute atomic E-state index is 12.2. The molecule has 0 bridgehead atoms. The number of unbranched alkanes of at least 4 members (excludes halogenated alkanes) is 5. The molecule has 0 aromatic heterocycles. The molecule has 2 aromatic rings. The highest BCUT2D eigenvalue weighted by Crippen LogP contribution is 2.17. The van der Waals surface area contributed by atoms with Crippen molar-refractivity contribution in [3.05, 3.63) is 72.3 Å². The Bertz CT molecular complexity index is 886. The molecule has 0 atom stereocenters. The van der Waals surface area contributed by atoms with Gasteiger partial charge in [-0.3, -0.25) is 0 Å². The number of hydrogen-bond donors (Lipinski definition) is 1. The molecule has 0 amide bonds. The van der Waals surface area contributed by atoms with E-state index in [-0.39, 0.29) is 17.3 Å². The third kappa shape index (κ3) is 9.04. The van der Waals surface area contributed by atoms with E-state index in [1.54, 1.807) is 24.3 Å². The van der Waals surface area contributed by atoms with Gasteiger partial charge in [0.2, 0.25) is 0 Å². The average molecular weight is 440 g/mol. The second-order valence-corrected chi connectivity index (χ2v) is 7.08. The molecule has 2 aromatic carbocycles. The molecule has 0 unspecified atom stereocenters. The second kappa shape index (κ2) is 13.6. The molecule has 0 radical (unpaired) electrons. The topological polar surface area (TPSA) is 99.1 Å². The largest absolute Gasteiger partial charge is 0.494 e. The van der Waals surface area contributed by atoms with Crippen LogP contribution in [0.1, 0.15) is 59.2 Å². The van der Waals surface area contributed by atoms with Gasteiger partial charge in [0.1, 0.15) is 11.5 Å².